The Balaban J connectivity index is 2.86. The van der Waals surface area contributed by atoms with E-state index in [0.29, 0.717) is 24.4 Å². The van der Waals surface area contributed by atoms with Crippen LogP contribution in [0.1, 0.15) is 44.0 Å². The van der Waals surface area contributed by atoms with Gasteiger partial charge < -0.3 is 14.8 Å². The molecule has 6 heteroatoms. The number of carbonyl (C=O) groups excluding carboxylic acids is 2. The van der Waals surface area contributed by atoms with E-state index in [0.717, 1.165) is 6.42 Å². The van der Waals surface area contributed by atoms with Crippen LogP contribution in [0.2, 0.25) is 0 Å². The minimum Gasteiger partial charge on any atom is -0.467 e. The van der Waals surface area contributed by atoms with Crippen molar-refractivity contribution in [3.8, 4) is 0 Å². The molecule has 21 heavy (non-hydrogen) atoms. The highest BCUT2D eigenvalue weighted by molar-refractivity contribution is 5.89. The number of aromatic nitrogens is 1. The molecule has 0 fully saturated rings. The molecule has 6 nitrogen and oxygen atoms in total. The van der Waals surface area contributed by atoms with Gasteiger partial charge in [-0.3, -0.25) is 0 Å². The van der Waals surface area contributed by atoms with E-state index in [2.05, 4.69) is 10.3 Å². The molecular formula is C15H22N2O4. The molecule has 0 spiro atoms. The summed E-state index contributed by atoms with van der Waals surface area (Å²) >= 11 is 0. The average molecular weight is 294 g/mol. The third-order valence-electron chi connectivity index (χ3n) is 3.06. The van der Waals surface area contributed by atoms with Gasteiger partial charge >= 0.3 is 11.9 Å². The summed E-state index contributed by atoms with van der Waals surface area (Å²) < 4.78 is 9.72. The van der Waals surface area contributed by atoms with Crippen LogP contribution in [0, 0.1) is 0 Å². The summed E-state index contributed by atoms with van der Waals surface area (Å²) in [4.78, 5) is 27.6. The zero-order valence-electron chi connectivity index (χ0n) is 12.9. The lowest BCUT2D eigenvalue weighted by molar-refractivity contribution is -0.145. The fourth-order valence-corrected chi connectivity index (χ4v) is 2.03. The molecule has 0 radical (unpaired) electrons. The lowest BCUT2D eigenvalue weighted by Gasteiger charge is -2.28. The number of hydrogen-bond donors (Lipinski definition) is 1. The Morgan fingerprint density at radius 2 is 2.05 bits per heavy atom. The zero-order valence-corrected chi connectivity index (χ0v) is 12.9. The van der Waals surface area contributed by atoms with Gasteiger partial charge in [0.05, 0.1) is 19.3 Å². The van der Waals surface area contributed by atoms with Gasteiger partial charge in [0.25, 0.3) is 0 Å². The molecule has 1 heterocycles. The highest BCUT2D eigenvalue weighted by Crippen LogP contribution is 2.20. The largest absolute Gasteiger partial charge is 0.467 e. The normalized spacial score (nSPS) is 13.1. The molecule has 0 aromatic carbocycles. The average Bonchev–Trinajstić information content (AvgIpc) is 2.47. The summed E-state index contributed by atoms with van der Waals surface area (Å²) in [6.45, 7) is 5.81. The number of carbonyl (C=O) groups is 2. The van der Waals surface area contributed by atoms with Crippen LogP contribution in [0.3, 0.4) is 0 Å². The number of anilines is 1. The van der Waals surface area contributed by atoms with E-state index in [1.807, 2.05) is 6.92 Å². The molecule has 0 aliphatic carbocycles. The highest BCUT2D eigenvalue weighted by atomic mass is 16.5. The molecule has 0 aliphatic rings. The van der Waals surface area contributed by atoms with Crippen molar-refractivity contribution in [2.75, 3.05) is 19.0 Å². The number of nitrogens with one attached hydrogen (secondary N) is 1. The molecule has 1 aromatic heterocycles. The number of pyridine rings is 1. The number of rotatable bonds is 7. The second kappa shape index (κ2) is 7.61. The van der Waals surface area contributed by atoms with Gasteiger partial charge in [0.2, 0.25) is 0 Å². The number of nitrogens with zero attached hydrogens (tertiary/aromatic N) is 1. The number of hydrogen-bond acceptors (Lipinski definition) is 6. The molecule has 0 amide bonds. The molecular weight excluding hydrogens is 272 g/mol. The lowest BCUT2D eigenvalue weighted by Crippen LogP contribution is -2.44. The molecule has 116 valence electrons. The molecule has 1 aromatic rings. The van der Waals surface area contributed by atoms with Gasteiger partial charge in [-0.15, -0.1) is 0 Å². The smallest absolute Gasteiger partial charge is 0.339 e. The van der Waals surface area contributed by atoms with E-state index in [-0.39, 0.29) is 5.97 Å². The zero-order chi connectivity index (χ0) is 15.9. The molecule has 1 atom stereocenters. The van der Waals surface area contributed by atoms with Crippen LogP contribution in [0.15, 0.2) is 18.3 Å². The predicted molar refractivity (Wildman–Crippen MR) is 79.1 cm³/mol. The Labute approximate surface area is 124 Å². The van der Waals surface area contributed by atoms with E-state index < -0.39 is 11.5 Å². The van der Waals surface area contributed by atoms with Crippen molar-refractivity contribution in [1.29, 1.82) is 0 Å². The predicted octanol–water partition coefficient (Wildman–Crippen LogP) is 2.40. The lowest BCUT2D eigenvalue weighted by atomic mass is 9.96. The molecule has 1 N–H and O–H groups in total. The second-order valence-electron chi connectivity index (χ2n) is 4.85. The standard InChI is InChI=1S/C15H22N2O4/c1-5-9-15(3,14(19)20-4)17-12-8-7-11(10-16-12)13(18)21-6-2/h7-8,10H,5-6,9H2,1-4H3,(H,16,17). The monoisotopic (exact) mass is 294 g/mol. The van der Waals surface area contributed by atoms with Gasteiger partial charge in [-0.2, -0.15) is 0 Å². The maximum Gasteiger partial charge on any atom is 0.339 e. The van der Waals surface area contributed by atoms with E-state index in [1.165, 1.54) is 13.3 Å². The summed E-state index contributed by atoms with van der Waals surface area (Å²) in [5.41, 5.74) is -0.472. The van der Waals surface area contributed by atoms with Crippen molar-refractivity contribution in [1.82, 2.24) is 4.98 Å². The van der Waals surface area contributed by atoms with Crippen molar-refractivity contribution in [3.63, 3.8) is 0 Å². The second-order valence-corrected chi connectivity index (χ2v) is 4.85. The quantitative estimate of drug-likeness (QED) is 0.778. The van der Waals surface area contributed by atoms with E-state index in [4.69, 9.17) is 9.47 Å². The summed E-state index contributed by atoms with van der Waals surface area (Å²) in [7, 11) is 1.36. The Bertz CT molecular complexity index is 487. The van der Waals surface area contributed by atoms with Crippen molar-refractivity contribution in [2.24, 2.45) is 0 Å². The molecule has 0 saturated heterocycles. The van der Waals surface area contributed by atoms with Gasteiger partial charge in [0.1, 0.15) is 11.4 Å². The first-order valence-electron chi connectivity index (χ1n) is 6.96. The van der Waals surface area contributed by atoms with Crippen LogP contribution in [-0.4, -0.2) is 36.2 Å². The summed E-state index contributed by atoms with van der Waals surface area (Å²) in [5.74, 6) is -0.258. The van der Waals surface area contributed by atoms with E-state index in [1.54, 1.807) is 26.0 Å². The van der Waals surface area contributed by atoms with Crippen LogP contribution < -0.4 is 5.32 Å². The number of esters is 2. The van der Waals surface area contributed by atoms with Gasteiger partial charge in [-0.05, 0) is 32.4 Å². The van der Waals surface area contributed by atoms with Gasteiger partial charge in [-0.25, -0.2) is 14.6 Å². The molecule has 1 rings (SSSR count). The maximum atomic E-state index is 11.9. The van der Waals surface area contributed by atoms with Gasteiger partial charge in [0, 0.05) is 6.20 Å². The Kier molecular flexibility index (Phi) is 6.14. The summed E-state index contributed by atoms with van der Waals surface area (Å²) in [6, 6.07) is 3.25. The van der Waals surface area contributed by atoms with Crippen LogP contribution >= 0.6 is 0 Å². The van der Waals surface area contributed by atoms with Crippen molar-refractivity contribution in [2.45, 2.75) is 39.2 Å². The summed E-state index contributed by atoms with van der Waals surface area (Å²) in [6.07, 6.45) is 2.85. The fraction of sp³-hybridized carbons (Fsp3) is 0.533. The Hall–Kier alpha value is -2.11. The first-order chi connectivity index (χ1) is 9.96. The van der Waals surface area contributed by atoms with E-state index >= 15 is 0 Å². The third kappa shape index (κ3) is 4.44. The topological polar surface area (TPSA) is 77.5 Å². The number of ether oxygens (including phenoxy) is 2. The van der Waals surface area contributed by atoms with Crippen LogP contribution in [-0.2, 0) is 14.3 Å². The highest BCUT2D eigenvalue weighted by Gasteiger charge is 2.33. The molecule has 0 saturated carbocycles. The number of methoxy groups -OCH3 is 1. The fourth-order valence-electron chi connectivity index (χ4n) is 2.03. The third-order valence-corrected chi connectivity index (χ3v) is 3.06. The molecule has 0 bridgehead atoms. The maximum absolute atomic E-state index is 11.9. The SMILES string of the molecule is CCCC(C)(Nc1ccc(C(=O)OCC)cn1)C(=O)OC. The first-order valence-corrected chi connectivity index (χ1v) is 6.96. The molecule has 1 unspecified atom stereocenters. The Morgan fingerprint density at radius 3 is 2.52 bits per heavy atom. The first kappa shape index (κ1) is 16.9. The molecule has 0 aliphatic heterocycles. The van der Waals surface area contributed by atoms with Gasteiger partial charge in [0.15, 0.2) is 0 Å². The van der Waals surface area contributed by atoms with Crippen molar-refractivity contribution < 1.29 is 19.1 Å². The minimum atomic E-state index is -0.845. The van der Waals surface area contributed by atoms with Crippen molar-refractivity contribution >= 4 is 17.8 Å². The van der Waals surface area contributed by atoms with Crippen LogP contribution in [0.4, 0.5) is 5.82 Å². The summed E-state index contributed by atoms with van der Waals surface area (Å²) in [5, 5.41) is 3.07. The van der Waals surface area contributed by atoms with Crippen LogP contribution in [0.5, 0.6) is 0 Å². The minimum absolute atomic E-state index is 0.315. The van der Waals surface area contributed by atoms with Crippen molar-refractivity contribution in [3.05, 3.63) is 23.9 Å². The Morgan fingerprint density at radius 1 is 1.33 bits per heavy atom. The van der Waals surface area contributed by atoms with Gasteiger partial charge in [-0.1, -0.05) is 13.3 Å². The van der Waals surface area contributed by atoms with Crippen LogP contribution in [0.25, 0.3) is 0 Å². The van der Waals surface area contributed by atoms with E-state index in [9.17, 15) is 9.59 Å².